The Morgan fingerprint density at radius 2 is 1.87 bits per heavy atom. The second kappa shape index (κ2) is 9.26. The van der Waals surface area contributed by atoms with Crippen LogP contribution in [0.2, 0.25) is 10.0 Å². The SMILES string of the molecule is S=c1[nH]nc(-c2ccc(Cl)cc2Cl)n1/N=C/c1cccc(OCc2ccccc2)c1. The van der Waals surface area contributed by atoms with E-state index >= 15 is 0 Å². The van der Waals surface area contributed by atoms with E-state index in [1.54, 1.807) is 24.4 Å². The maximum absolute atomic E-state index is 6.31. The number of aromatic amines is 1. The molecule has 30 heavy (non-hydrogen) atoms. The van der Waals surface area contributed by atoms with Crippen LogP contribution in [0.25, 0.3) is 11.4 Å². The summed E-state index contributed by atoms with van der Waals surface area (Å²) in [5.74, 6) is 1.24. The van der Waals surface area contributed by atoms with Crippen molar-refractivity contribution in [3.63, 3.8) is 0 Å². The van der Waals surface area contributed by atoms with Crippen molar-refractivity contribution in [2.75, 3.05) is 0 Å². The highest BCUT2D eigenvalue weighted by molar-refractivity contribution is 7.71. The molecule has 5 nitrogen and oxygen atoms in total. The third-order valence-electron chi connectivity index (χ3n) is 4.25. The third-order valence-corrected chi connectivity index (χ3v) is 5.06. The fourth-order valence-corrected chi connectivity index (χ4v) is 3.47. The largest absolute Gasteiger partial charge is 0.489 e. The maximum atomic E-state index is 6.31. The Kier molecular flexibility index (Phi) is 6.28. The van der Waals surface area contributed by atoms with Gasteiger partial charge in [0.2, 0.25) is 4.77 Å². The standard InChI is InChI=1S/C22H16Cl2N4OS/c23-17-9-10-19(20(24)12-17)21-26-27-22(30)28(21)25-13-16-7-4-8-18(11-16)29-14-15-5-2-1-3-6-15/h1-13H,14H2,(H,27,30)/b25-13+. The van der Waals surface area contributed by atoms with E-state index in [1.165, 1.54) is 4.68 Å². The molecule has 0 amide bonds. The molecule has 1 aromatic heterocycles. The molecule has 150 valence electrons. The second-order valence-electron chi connectivity index (χ2n) is 6.38. The lowest BCUT2D eigenvalue weighted by Gasteiger charge is -2.07. The van der Waals surface area contributed by atoms with E-state index in [0.29, 0.717) is 32.8 Å². The van der Waals surface area contributed by atoms with E-state index in [9.17, 15) is 0 Å². The van der Waals surface area contributed by atoms with Gasteiger partial charge in [0.1, 0.15) is 12.4 Å². The van der Waals surface area contributed by atoms with Crippen LogP contribution in [0, 0.1) is 4.77 Å². The first-order valence-corrected chi connectivity index (χ1v) is 10.2. The van der Waals surface area contributed by atoms with Crippen molar-refractivity contribution in [2.45, 2.75) is 6.61 Å². The molecule has 1 N–H and O–H groups in total. The van der Waals surface area contributed by atoms with Crippen molar-refractivity contribution in [1.82, 2.24) is 14.9 Å². The van der Waals surface area contributed by atoms with Gasteiger partial charge in [0.15, 0.2) is 5.82 Å². The first-order chi connectivity index (χ1) is 14.6. The van der Waals surface area contributed by atoms with Crippen LogP contribution in [0.1, 0.15) is 11.1 Å². The van der Waals surface area contributed by atoms with Gasteiger partial charge in [-0.25, -0.2) is 5.10 Å². The number of benzene rings is 3. The van der Waals surface area contributed by atoms with Crippen molar-refractivity contribution in [3.05, 3.63) is 98.7 Å². The van der Waals surface area contributed by atoms with Gasteiger partial charge in [-0.2, -0.15) is 14.9 Å². The van der Waals surface area contributed by atoms with Gasteiger partial charge >= 0.3 is 0 Å². The lowest BCUT2D eigenvalue weighted by molar-refractivity contribution is 0.306. The molecule has 4 rings (SSSR count). The van der Waals surface area contributed by atoms with Crippen molar-refractivity contribution in [2.24, 2.45) is 5.10 Å². The summed E-state index contributed by atoms with van der Waals surface area (Å²) < 4.78 is 7.74. The summed E-state index contributed by atoms with van der Waals surface area (Å²) in [6, 6.07) is 22.8. The Labute approximate surface area is 188 Å². The van der Waals surface area contributed by atoms with Crippen LogP contribution in [0.3, 0.4) is 0 Å². The highest BCUT2D eigenvalue weighted by atomic mass is 35.5. The zero-order chi connectivity index (χ0) is 20.9. The molecule has 0 aliphatic rings. The van der Waals surface area contributed by atoms with Gasteiger partial charge in [-0.15, -0.1) is 0 Å². The van der Waals surface area contributed by atoms with Gasteiger partial charge in [-0.3, -0.25) is 0 Å². The van der Waals surface area contributed by atoms with Crippen molar-refractivity contribution in [3.8, 4) is 17.1 Å². The number of nitrogens with zero attached hydrogens (tertiary/aromatic N) is 3. The molecule has 3 aromatic carbocycles. The minimum absolute atomic E-state index is 0.351. The molecule has 0 saturated heterocycles. The fraction of sp³-hybridized carbons (Fsp3) is 0.0455. The minimum atomic E-state index is 0.351. The van der Waals surface area contributed by atoms with E-state index in [-0.39, 0.29) is 0 Å². The van der Waals surface area contributed by atoms with Crippen LogP contribution in [-0.4, -0.2) is 21.1 Å². The molecule has 0 aliphatic heterocycles. The number of ether oxygens (including phenoxy) is 1. The van der Waals surface area contributed by atoms with E-state index in [1.807, 2.05) is 54.6 Å². The normalized spacial score (nSPS) is 11.1. The Balaban J connectivity index is 1.56. The molecule has 0 saturated carbocycles. The van der Waals surface area contributed by atoms with E-state index in [4.69, 9.17) is 40.2 Å². The van der Waals surface area contributed by atoms with Crippen LogP contribution < -0.4 is 4.74 Å². The number of hydrogen-bond donors (Lipinski definition) is 1. The van der Waals surface area contributed by atoms with Crippen LogP contribution >= 0.6 is 35.4 Å². The summed E-state index contributed by atoms with van der Waals surface area (Å²) in [4.78, 5) is 0. The van der Waals surface area contributed by atoms with Gasteiger partial charge in [-0.1, -0.05) is 65.7 Å². The van der Waals surface area contributed by atoms with Gasteiger partial charge < -0.3 is 4.74 Å². The Bertz CT molecular complexity index is 1250. The first kappa shape index (κ1) is 20.3. The number of halogens is 2. The van der Waals surface area contributed by atoms with E-state index < -0.39 is 0 Å². The Morgan fingerprint density at radius 1 is 1.03 bits per heavy atom. The zero-order valence-corrected chi connectivity index (χ0v) is 18.0. The van der Waals surface area contributed by atoms with E-state index in [0.717, 1.165) is 16.9 Å². The molecule has 0 aliphatic carbocycles. The fourth-order valence-electron chi connectivity index (χ4n) is 2.79. The average molecular weight is 455 g/mol. The number of hydrogen-bond acceptors (Lipinski definition) is 4. The second-order valence-corrected chi connectivity index (χ2v) is 7.61. The summed E-state index contributed by atoms with van der Waals surface area (Å²) in [5.41, 5.74) is 2.63. The van der Waals surface area contributed by atoms with Crippen molar-refractivity contribution >= 4 is 41.6 Å². The van der Waals surface area contributed by atoms with Crippen LogP contribution in [-0.2, 0) is 6.61 Å². The highest BCUT2D eigenvalue weighted by Gasteiger charge is 2.12. The predicted octanol–water partition coefficient (Wildman–Crippen LogP) is 6.38. The van der Waals surface area contributed by atoms with Crippen LogP contribution in [0.4, 0.5) is 0 Å². The number of aromatic nitrogens is 3. The summed E-state index contributed by atoms with van der Waals surface area (Å²) in [6.07, 6.45) is 1.69. The molecule has 1 heterocycles. The Hall–Kier alpha value is -2.93. The number of H-pyrrole nitrogens is 1. The smallest absolute Gasteiger partial charge is 0.216 e. The molecule has 8 heteroatoms. The molecular formula is C22H16Cl2N4OS. The lowest BCUT2D eigenvalue weighted by Crippen LogP contribution is -1.97. The zero-order valence-electron chi connectivity index (χ0n) is 15.6. The molecule has 0 unspecified atom stereocenters. The lowest BCUT2D eigenvalue weighted by atomic mass is 10.2. The third kappa shape index (κ3) is 4.79. The Morgan fingerprint density at radius 3 is 2.67 bits per heavy atom. The summed E-state index contributed by atoms with van der Waals surface area (Å²) in [6.45, 7) is 0.493. The van der Waals surface area contributed by atoms with Crippen molar-refractivity contribution in [1.29, 1.82) is 0 Å². The van der Waals surface area contributed by atoms with Crippen LogP contribution in [0.5, 0.6) is 5.75 Å². The number of nitrogens with one attached hydrogen (secondary N) is 1. The first-order valence-electron chi connectivity index (χ1n) is 9.04. The molecule has 4 aromatic rings. The highest BCUT2D eigenvalue weighted by Crippen LogP contribution is 2.29. The molecule has 0 atom stereocenters. The van der Waals surface area contributed by atoms with Crippen LogP contribution in [0.15, 0.2) is 77.9 Å². The summed E-state index contributed by atoms with van der Waals surface area (Å²) in [5, 5.41) is 12.5. The van der Waals surface area contributed by atoms with Gasteiger partial charge in [-0.05, 0) is 53.7 Å². The van der Waals surface area contributed by atoms with Gasteiger partial charge in [0.05, 0.1) is 11.2 Å². The summed E-state index contributed by atoms with van der Waals surface area (Å²) >= 11 is 17.6. The molecular weight excluding hydrogens is 439 g/mol. The summed E-state index contributed by atoms with van der Waals surface area (Å²) in [7, 11) is 0. The molecule has 0 spiro atoms. The quantitative estimate of drug-likeness (QED) is 0.271. The number of rotatable bonds is 6. The maximum Gasteiger partial charge on any atom is 0.216 e. The molecule has 0 radical (unpaired) electrons. The van der Waals surface area contributed by atoms with Gasteiger partial charge in [0, 0.05) is 10.6 Å². The molecule has 0 bridgehead atoms. The molecule has 0 fully saturated rings. The minimum Gasteiger partial charge on any atom is -0.489 e. The van der Waals surface area contributed by atoms with Gasteiger partial charge in [0.25, 0.3) is 0 Å². The predicted molar refractivity (Wildman–Crippen MR) is 123 cm³/mol. The monoisotopic (exact) mass is 454 g/mol. The van der Waals surface area contributed by atoms with E-state index in [2.05, 4.69) is 15.3 Å². The van der Waals surface area contributed by atoms with Crippen molar-refractivity contribution < 1.29 is 4.74 Å². The topological polar surface area (TPSA) is 55.2 Å². The average Bonchev–Trinajstić information content (AvgIpc) is 3.12.